The van der Waals surface area contributed by atoms with Crippen molar-refractivity contribution < 1.29 is 0 Å². The van der Waals surface area contributed by atoms with Crippen molar-refractivity contribution in [1.82, 2.24) is 14.0 Å². The molecule has 69 heavy (non-hydrogen) atoms. The van der Waals surface area contributed by atoms with Crippen molar-refractivity contribution in [2.24, 2.45) is 0 Å². The van der Waals surface area contributed by atoms with Gasteiger partial charge in [-0.2, -0.15) is 0 Å². The molecule has 0 aliphatic carbocycles. The van der Waals surface area contributed by atoms with Crippen molar-refractivity contribution in [3.05, 3.63) is 237 Å². The number of benzene rings is 11. The highest BCUT2D eigenvalue weighted by Crippen LogP contribution is 2.44. The molecule has 0 atom stereocenters. The number of pyridine rings is 1. The van der Waals surface area contributed by atoms with Crippen LogP contribution in [0, 0.1) is 0 Å². The molecular weight excluding hydrogens is 855 g/mol. The summed E-state index contributed by atoms with van der Waals surface area (Å²) in [6.45, 7) is 0. The number of para-hydroxylation sites is 2. The van der Waals surface area contributed by atoms with E-state index in [0.717, 1.165) is 27.9 Å². The van der Waals surface area contributed by atoms with Crippen LogP contribution in [0.15, 0.2) is 237 Å². The summed E-state index contributed by atoms with van der Waals surface area (Å²) in [7, 11) is 0. The first-order chi connectivity index (χ1) is 34.2. The van der Waals surface area contributed by atoms with Crippen LogP contribution < -0.4 is 0 Å². The molecule has 15 aromatic rings. The van der Waals surface area contributed by atoms with Crippen molar-refractivity contribution in [1.29, 1.82) is 0 Å². The lowest BCUT2D eigenvalue weighted by Gasteiger charge is -2.14. The van der Waals surface area contributed by atoms with Gasteiger partial charge in [-0.15, -0.1) is 11.3 Å². The highest BCUT2D eigenvalue weighted by Gasteiger charge is 2.21. The van der Waals surface area contributed by atoms with Gasteiger partial charge in [0.25, 0.3) is 0 Å². The Labute approximate surface area is 401 Å². The Morgan fingerprint density at radius 2 is 0.942 bits per heavy atom. The fraction of sp³-hybridized carbons (Fsp3) is 0. The van der Waals surface area contributed by atoms with Crippen LogP contribution in [0.4, 0.5) is 0 Å². The highest BCUT2D eigenvalue weighted by atomic mass is 32.1. The average molecular weight is 894 g/mol. The van der Waals surface area contributed by atoms with Gasteiger partial charge in [0, 0.05) is 37.3 Å². The zero-order valence-electron chi connectivity index (χ0n) is 37.3. The van der Waals surface area contributed by atoms with E-state index in [1.54, 1.807) is 0 Å². The third-order valence-corrected chi connectivity index (χ3v) is 15.7. The quantitative estimate of drug-likeness (QED) is 0.158. The van der Waals surface area contributed by atoms with E-state index in [1.807, 2.05) is 11.3 Å². The van der Waals surface area contributed by atoms with Gasteiger partial charge >= 0.3 is 0 Å². The molecule has 0 bridgehead atoms. The van der Waals surface area contributed by atoms with Gasteiger partial charge in [-0.25, -0.2) is 4.98 Å². The van der Waals surface area contributed by atoms with Crippen LogP contribution >= 0.6 is 11.3 Å². The molecule has 4 heteroatoms. The van der Waals surface area contributed by atoms with Crippen LogP contribution in [0.3, 0.4) is 0 Å². The first-order valence-corrected chi connectivity index (χ1v) is 24.4. The molecule has 320 valence electrons. The SMILES string of the molecule is c1ccc(-n2c3ccccc3c3c(-c4ccc(-c5ccc(-c6ccc(-c7cc8c9ccccc9sc8c8nc9c%10ccc%11ccccc%11c%10ccc9n78)cc6)c6ccccc56)cc4)cccc32)cc1. The number of hydrogen-bond acceptors (Lipinski definition) is 2. The van der Waals surface area contributed by atoms with E-state index in [-0.39, 0.29) is 0 Å². The minimum Gasteiger partial charge on any atom is -0.309 e. The van der Waals surface area contributed by atoms with Crippen molar-refractivity contribution in [2.45, 2.75) is 0 Å². The maximum absolute atomic E-state index is 5.52. The average Bonchev–Trinajstić information content (AvgIpc) is 4.11. The van der Waals surface area contributed by atoms with Gasteiger partial charge in [0.05, 0.1) is 32.5 Å². The molecule has 0 N–H and O–H groups in total. The van der Waals surface area contributed by atoms with E-state index in [4.69, 9.17) is 4.98 Å². The monoisotopic (exact) mass is 893 g/mol. The number of imidazole rings is 1. The normalized spacial score (nSPS) is 12.1. The second-order valence-corrected chi connectivity index (χ2v) is 19.3. The molecule has 3 nitrogen and oxygen atoms in total. The van der Waals surface area contributed by atoms with Gasteiger partial charge in [0.2, 0.25) is 0 Å². The standard InChI is InChI=1S/C65H39N3S/c1-2-14-45(15-3-1)67-57-22-10-8-20-55(57)62-49(21-12-23-58(62)67)43-27-25-41(26-28-43)47-35-36-48(51-18-7-6-17-50(47)51)42-29-31-44(32-30-42)60-39-56-53-19-9-11-24-61(53)69-64(56)65-66-63-54-34-33-40-13-4-5-16-46(40)52(54)37-38-59(63)68(60)65/h1-39H. The van der Waals surface area contributed by atoms with Gasteiger partial charge in [0.15, 0.2) is 5.65 Å². The summed E-state index contributed by atoms with van der Waals surface area (Å²) in [6, 6.07) is 86.8. The predicted molar refractivity (Wildman–Crippen MR) is 294 cm³/mol. The fourth-order valence-corrected chi connectivity index (χ4v) is 12.5. The topological polar surface area (TPSA) is 22.2 Å². The Morgan fingerprint density at radius 1 is 0.348 bits per heavy atom. The number of hydrogen-bond donors (Lipinski definition) is 0. The molecule has 0 saturated carbocycles. The highest BCUT2D eigenvalue weighted by molar-refractivity contribution is 7.26. The Kier molecular flexibility index (Phi) is 8.23. The van der Waals surface area contributed by atoms with Crippen molar-refractivity contribution in [3.8, 4) is 50.3 Å². The van der Waals surface area contributed by atoms with Gasteiger partial charge in [-0.05, 0) is 108 Å². The van der Waals surface area contributed by atoms with Crippen molar-refractivity contribution in [3.63, 3.8) is 0 Å². The Hall–Kier alpha value is -8.83. The van der Waals surface area contributed by atoms with Crippen LogP contribution in [-0.4, -0.2) is 14.0 Å². The maximum Gasteiger partial charge on any atom is 0.156 e. The molecule has 0 aliphatic rings. The summed E-state index contributed by atoms with van der Waals surface area (Å²) in [5, 5.41) is 12.4. The fourth-order valence-electron chi connectivity index (χ4n) is 11.4. The summed E-state index contributed by atoms with van der Waals surface area (Å²) in [5.74, 6) is 0. The Bertz CT molecular complexity index is 4570. The second-order valence-electron chi connectivity index (χ2n) is 18.2. The van der Waals surface area contributed by atoms with E-state index < -0.39 is 0 Å². The van der Waals surface area contributed by atoms with Crippen LogP contribution in [0.25, 0.3) is 141 Å². The van der Waals surface area contributed by atoms with Crippen LogP contribution in [0.5, 0.6) is 0 Å². The molecule has 0 spiro atoms. The molecule has 0 unspecified atom stereocenters. The number of rotatable bonds is 5. The molecule has 0 fully saturated rings. The largest absolute Gasteiger partial charge is 0.309 e. The number of nitrogens with zero attached hydrogens (tertiary/aromatic N) is 3. The molecule has 0 amide bonds. The summed E-state index contributed by atoms with van der Waals surface area (Å²) >= 11 is 1.83. The third kappa shape index (κ3) is 5.70. The molecule has 15 rings (SSSR count). The van der Waals surface area contributed by atoms with E-state index in [0.29, 0.717) is 0 Å². The van der Waals surface area contributed by atoms with Crippen molar-refractivity contribution >= 4 is 102 Å². The first kappa shape index (κ1) is 38.3. The van der Waals surface area contributed by atoms with Gasteiger partial charge < -0.3 is 4.57 Å². The molecule has 0 saturated heterocycles. The lowest BCUT2D eigenvalue weighted by Crippen LogP contribution is -1.93. The molecule has 0 radical (unpaired) electrons. The third-order valence-electron chi connectivity index (χ3n) is 14.5. The predicted octanol–water partition coefficient (Wildman–Crippen LogP) is 18.1. The van der Waals surface area contributed by atoms with Crippen LogP contribution in [0.2, 0.25) is 0 Å². The van der Waals surface area contributed by atoms with Gasteiger partial charge in [-0.1, -0.05) is 194 Å². The number of aromatic nitrogens is 3. The Morgan fingerprint density at radius 3 is 1.70 bits per heavy atom. The zero-order chi connectivity index (χ0) is 45.2. The molecular formula is C65H39N3S. The smallest absolute Gasteiger partial charge is 0.156 e. The number of thiophene rings is 1. The minimum absolute atomic E-state index is 1.01. The second kappa shape index (κ2) is 14.8. The summed E-state index contributed by atoms with van der Waals surface area (Å²) in [5.41, 5.74) is 16.3. The van der Waals surface area contributed by atoms with E-state index in [1.165, 1.54) is 113 Å². The summed E-state index contributed by atoms with van der Waals surface area (Å²) in [6.07, 6.45) is 0. The van der Waals surface area contributed by atoms with Crippen LogP contribution in [-0.2, 0) is 0 Å². The molecule has 11 aromatic carbocycles. The van der Waals surface area contributed by atoms with Crippen LogP contribution in [0.1, 0.15) is 0 Å². The zero-order valence-corrected chi connectivity index (χ0v) is 38.1. The van der Waals surface area contributed by atoms with Crippen molar-refractivity contribution in [2.75, 3.05) is 0 Å². The summed E-state index contributed by atoms with van der Waals surface area (Å²) < 4.78 is 7.28. The number of fused-ring (bicyclic) bond motifs is 15. The molecule has 4 aromatic heterocycles. The maximum atomic E-state index is 5.52. The lowest BCUT2D eigenvalue weighted by atomic mass is 9.91. The summed E-state index contributed by atoms with van der Waals surface area (Å²) in [4.78, 5) is 5.52. The van der Waals surface area contributed by atoms with Gasteiger partial charge in [0.1, 0.15) is 0 Å². The van der Waals surface area contributed by atoms with E-state index in [9.17, 15) is 0 Å². The van der Waals surface area contributed by atoms with E-state index >= 15 is 0 Å². The Balaban J connectivity index is 0.830. The van der Waals surface area contributed by atoms with E-state index in [2.05, 4.69) is 246 Å². The van der Waals surface area contributed by atoms with Gasteiger partial charge in [-0.3, -0.25) is 4.40 Å². The molecule has 4 heterocycles. The lowest BCUT2D eigenvalue weighted by molar-refractivity contribution is 1.18. The molecule has 0 aliphatic heterocycles. The minimum atomic E-state index is 1.01. The first-order valence-electron chi connectivity index (χ1n) is 23.6.